The highest BCUT2D eigenvalue weighted by molar-refractivity contribution is 5.93. The molecule has 0 bridgehead atoms. The molecule has 8 nitrogen and oxygen atoms in total. The third-order valence-corrected chi connectivity index (χ3v) is 5.73. The largest absolute Gasteiger partial charge is 0.337 e. The third-order valence-electron chi connectivity index (χ3n) is 5.73. The van der Waals surface area contributed by atoms with E-state index in [4.69, 9.17) is 0 Å². The number of H-pyrrole nitrogens is 1. The molecule has 5 rings (SSSR count). The van der Waals surface area contributed by atoms with E-state index in [2.05, 4.69) is 50.8 Å². The topological polar surface area (TPSA) is 92.1 Å². The number of carbonyl (C=O) groups excluding carboxylic acids is 1. The fourth-order valence-electron chi connectivity index (χ4n) is 4.16. The minimum absolute atomic E-state index is 0.0370. The molecule has 1 amide bonds. The molecule has 1 aliphatic heterocycles. The molecule has 8 heteroatoms. The van der Waals surface area contributed by atoms with Crippen LogP contribution in [0.2, 0.25) is 0 Å². The van der Waals surface area contributed by atoms with Crippen LogP contribution in [0.3, 0.4) is 0 Å². The number of piperidine rings is 1. The van der Waals surface area contributed by atoms with Crippen molar-refractivity contribution in [3.8, 4) is 11.1 Å². The molecule has 1 N–H and O–H groups in total. The number of nitrogens with one attached hydrogen (secondary N) is 1. The molecule has 1 fully saturated rings. The van der Waals surface area contributed by atoms with Gasteiger partial charge in [-0.15, -0.1) is 5.10 Å². The smallest absolute Gasteiger partial charge is 0.272 e. The molecule has 4 aromatic rings. The minimum atomic E-state index is -0.0370. The van der Waals surface area contributed by atoms with Crippen molar-refractivity contribution in [1.29, 1.82) is 0 Å². The van der Waals surface area contributed by atoms with Crippen LogP contribution in [0, 0.1) is 6.92 Å². The predicted octanol–water partition coefficient (Wildman–Crippen LogP) is 2.84. The van der Waals surface area contributed by atoms with E-state index in [9.17, 15) is 4.79 Å². The van der Waals surface area contributed by atoms with E-state index in [1.807, 2.05) is 23.2 Å². The first-order valence-electron chi connectivity index (χ1n) is 9.78. The quantitative estimate of drug-likeness (QED) is 0.584. The van der Waals surface area contributed by atoms with Gasteiger partial charge in [-0.3, -0.25) is 9.89 Å². The van der Waals surface area contributed by atoms with Crippen molar-refractivity contribution >= 4 is 11.6 Å². The Hall–Kier alpha value is -3.55. The first kappa shape index (κ1) is 17.5. The fourth-order valence-corrected chi connectivity index (χ4v) is 4.16. The van der Waals surface area contributed by atoms with Gasteiger partial charge < -0.3 is 4.90 Å². The average Bonchev–Trinajstić information content (AvgIpc) is 3.43. The monoisotopic (exact) mass is 387 g/mol. The number of aromatic nitrogens is 6. The first-order valence-corrected chi connectivity index (χ1v) is 9.78. The summed E-state index contributed by atoms with van der Waals surface area (Å²) in [5.41, 5.74) is 5.83. The molecule has 0 aliphatic carbocycles. The minimum Gasteiger partial charge on any atom is -0.337 e. The SMILES string of the molecule is Cc1ccccc1-c1cn[nH]c1C1CCN(C(=O)c2cccc3nnnn23)CC1. The van der Waals surface area contributed by atoms with E-state index in [1.54, 1.807) is 12.1 Å². The maximum atomic E-state index is 13.0. The standard InChI is InChI=1S/C21H21N7O/c1-14-5-2-3-6-16(14)17-13-22-24-20(17)15-9-11-27(12-10-15)21(29)18-7-4-8-19-23-25-26-28(18)19/h2-8,13,15H,9-12H2,1H3,(H,22,24). The summed E-state index contributed by atoms with van der Waals surface area (Å²) in [7, 11) is 0. The summed E-state index contributed by atoms with van der Waals surface area (Å²) in [6.45, 7) is 3.50. The lowest BCUT2D eigenvalue weighted by atomic mass is 9.88. The number of tetrazole rings is 1. The lowest BCUT2D eigenvalue weighted by Gasteiger charge is -2.32. The van der Waals surface area contributed by atoms with Crippen molar-refractivity contribution in [2.45, 2.75) is 25.7 Å². The Morgan fingerprint density at radius 1 is 1.07 bits per heavy atom. The zero-order valence-corrected chi connectivity index (χ0v) is 16.1. The van der Waals surface area contributed by atoms with Gasteiger partial charge in [-0.05, 0) is 53.5 Å². The Morgan fingerprint density at radius 2 is 1.90 bits per heavy atom. The number of amides is 1. The molecule has 3 aromatic heterocycles. The second-order valence-corrected chi connectivity index (χ2v) is 7.44. The molecule has 0 saturated carbocycles. The molecule has 29 heavy (non-hydrogen) atoms. The number of hydrogen-bond acceptors (Lipinski definition) is 5. The highest BCUT2D eigenvalue weighted by Gasteiger charge is 2.28. The second kappa shape index (κ2) is 7.12. The maximum Gasteiger partial charge on any atom is 0.272 e. The number of hydrogen-bond donors (Lipinski definition) is 1. The molecule has 0 spiro atoms. The summed E-state index contributed by atoms with van der Waals surface area (Å²) in [4.78, 5) is 14.9. The zero-order chi connectivity index (χ0) is 19.8. The number of pyridine rings is 1. The lowest BCUT2D eigenvalue weighted by Crippen LogP contribution is -2.39. The molecular formula is C21H21N7O. The molecule has 146 valence electrons. The van der Waals surface area contributed by atoms with Crippen LogP contribution in [0.15, 0.2) is 48.7 Å². The van der Waals surface area contributed by atoms with Crippen LogP contribution in [0.4, 0.5) is 0 Å². The van der Waals surface area contributed by atoms with Gasteiger partial charge >= 0.3 is 0 Å². The number of nitrogens with zero attached hydrogens (tertiary/aromatic N) is 6. The molecule has 0 radical (unpaired) electrons. The van der Waals surface area contributed by atoms with Gasteiger partial charge in [0.1, 0.15) is 5.69 Å². The Bertz CT molecular complexity index is 1170. The van der Waals surface area contributed by atoms with Gasteiger partial charge in [-0.1, -0.05) is 30.3 Å². The Labute approximate surface area is 167 Å². The number of fused-ring (bicyclic) bond motifs is 1. The lowest BCUT2D eigenvalue weighted by molar-refractivity contribution is 0.0703. The van der Waals surface area contributed by atoms with Gasteiger partial charge in [-0.2, -0.15) is 9.61 Å². The highest BCUT2D eigenvalue weighted by atomic mass is 16.2. The van der Waals surface area contributed by atoms with Gasteiger partial charge in [0.25, 0.3) is 5.91 Å². The van der Waals surface area contributed by atoms with Crippen molar-refractivity contribution in [2.24, 2.45) is 0 Å². The molecule has 0 atom stereocenters. The summed E-state index contributed by atoms with van der Waals surface area (Å²) < 4.78 is 1.50. The van der Waals surface area contributed by atoms with Gasteiger partial charge in [0, 0.05) is 30.3 Å². The maximum absolute atomic E-state index is 13.0. The molecule has 0 unspecified atom stereocenters. The Morgan fingerprint density at radius 3 is 2.72 bits per heavy atom. The van der Waals surface area contributed by atoms with Crippen LogP contribution in [0.25, 0.3) is 16.8 Å². The van der Waals surface area contributed by atoms with Crippen LogP contribution >= 0.6 is 0 Å². The van der Waals surface area contributed by atoms with Crippen LogP contribution in [-0.4, -0.2) is 54.1 Å². The van der Waals surface area contributed by atoms with Gasteiger partial charge in [0.15, 0.2) is 5.65 Å². The van der Waals surface area contributed by atoms with Crippen molar-refractivity contribution in [3.63, 3.8) is 0 Å². The fraction of sp³-hybridized carbons (Fsp3) is 0.286. The number of benzene rings is 1. The van der Waals surface area contributed by atoms with E-state index in [0.717, 1.165) is 24.1 Å². The van der Waals surface area contributed by atoms with Crippen LogP contribution in [0.5, 0.6) is 0 Å². The van der Waals surface area contributed by atoms with Gasteiger partial charge in [0.2, 0.25) is 0 Å². The molecule has 1 aromatic carbocycles. The summed E-state index contributed by atoms with van der Waals surface area (Å²) in [5, 5.41) is 19.0. The average molecular weight is 387 g/mol. The molecular weight excluding hydrogens is 366 g/mol. The number of aryl methyl sites for hydroxylation is 1. The summed E-state index contributed by atoms with van der Waals surface area (Å²) >= 11 is 0. The Kier molecular flexibility index (Phi) is 4.31. The molecule has 1 aliphatic rings. The van der Waals surface area contributed by atoms with E-state index < -0.39 is 0 Å². The zero-order valence-electron chi connectivity index (χ0n) is 16.1. The number of aromatic amines is 1. The van der Waals surface area contributed by atoms with Gasteiger partial charge in [-0.25, -0.2) is 0 Å². The summed E-state index contributed by atoms with van der Waals surface area (Å²) in [6, 6.07) is 13.7. The van der Waals surface area contributed by atoms with Gasteiger partial charge in [0.05, 0.1) is 6.20 Å². The third kappa shape index (κ3) is 3.06. The molecule has 1 saturated heterocycles. The van der Waals surface area contributed by atoms with Crippen LogP contribution in [0.1, 0.15) is 40.5 Å². The number of likely N-dealkylation sites (tertiary alicyclic amines) is 1. The summed E-state index contributed by atoms with van der Waals surface area (Å²) in [6.07, 6.45) is 3.68. The van der Waals surface area contributed by atoms with E-state index >= 15 is 0 Å². The van der Waals surface area contributed by atoms with E-state index in [1.165, 1.54) is 15.6 Å². The first-order chi connectivity index (χ1) is 14.2. The highest BCUT2D eigenvalue weighted by Crippen LogP contribution is 2.35. The summed E-state index contributed by atoms with van der Waals surface area (Å²) in [5.74, 6) is 0.310. The van der Waals surface area contributed by atoms with E-state index in [0.29, 0.717) is 30.3 Å². The van der Waals surface area contributed by atoms with Crippen molar-refractivity contribution in [3.05, 3.63) is 65.6 Å². The Balaban J connectivity index is 1.34. The second-order valence-electron chi connectivity index (χ2n) is 7.44. The normalized spacial score (nSPS) is 15.1. The predicted molar refractivity (Wildman–Crippen MR) is 107 cm³/mol. The van der Waals surface area contributed by atoms with Crippen molar-refractivity contribution < 1.29 is 4.79 Å². The van der Waals surface area contributed by atoms with Crippen molar-refractivity contribution in [1.82, 2.24) is 35.1 Å². The van der Waals surface area contributed by atoms with Crippen molar-refractivity contribution in [2.75, 3.05) is 13.1 Å². The molecule has 4 heterocycles. The number of carbonyl (C=O) groups is 1. The van der Waals surface area contributed by atoms with Crippen LogP contribution in [-0.2, 0) is 0 Å². The number of rotatable bonds is 3. The van der Waals surface area contributed by atoms with E-state index in [-0.39, 0.29) is 5.91 Å². The van der Waals surface area contributed by atoms with Crippen LogP contribution < -0.4 is 0 Å².